The molecule has 1 atom stereocenters. The number of carbonyl (C=O) groups is 1. The third kappa shape index (κ3) is 6.19. The lowest BCUT2D eigenvalue weighted by Crippen LogP contribution is -2.43. The number of ether oxygens (including phenoxy) is 1. The van der Waals surface area contributed by atoms with Gasteiger partial charge in [-0.1, -0.05) is 43.7 Å². The number of piperidine rings is 1. The summed E-state index contributed by atoms with van der Waals surface area (Å²) in [5.41, 5.74) is 5.17. The van der Waals surface area contributed by atoms with E-state index in [9.17, 15) is 13.2 Å². The van der Waals surface area contributed by atoms with Crippen molar-refractivity contribution in [2.45, 2.75) is 65.2 Å². The van der Waals surface area contributed by atoms with Crippen molar-refractivity contribution in [2.75, 3.05) is 20.2 Å². The number of sulfonamides is 1. The first-order valence-electron chi connectivity index (χ1n) is 12.0. The number of carbonyl (C=O) groups excluding carboxylic acids is 1. The number of hydrogen-bond donors (Lipinski definition) is 1. The third-order valence-electron chi connectivity index (χ3n) is 6.75. The summed E-state index contributed by atoms with van der Waals surface area (Å²) in [6, 6.07) is 11.6. The van der Waals surface area contributed by atoms with Crippen molar-refractivity contribution < 1.29 is 17.9 Å². The first-order valence-corrected chi connectivity index (χ1v) is 13.6. The fourth-order valence-corrected chi connectivity index (χ4v) is 6.17. The number of amides is 1. The number of rotatable bonds is 8. The van der Waals surface area contributed by atoms with E-state index in [0.29, 0.717) is 31.8 Å². The molecular formula is C27H38N2O4S. The van der Waals surface area contributed by atoms with Gasteiger partial charge in [0.15, 0.2) is 0 Å². The molecule has 186 valence electrons. The van der Waals surface area contributed by atoms with E-state index in [0.717, 1.165) is 33.6 Å². The number of nitrogens with zero attached hydrogens (tertiary/aromatic N) is 1. The molecule has 0 spiro atoms. The van der Waals surface area contributed by atoms with Crippen LogP contribution in [0.5, 0.6) is 5.75 Å². The molecular weight excluding hydrogens is 448 g/mol. The summed E-state index contributed by atoms with van der Waals surface area (Å²) < 4.78 is 32.8. The van der Waals surface area contributed by atoms with Crippen LogP contribution < -0.4 is 10.1 Å². The number of aryl methyl sites for hydroxylation is 2. The van der Waals surface area contributed by atoms with Gasteiger partial charge in [0.1, 0.15) is 5.75 Å². The summed E-state index contributed by atoms with van der Waals surface area (Å²) >= 11 is 0. The minimum atomic E-state index is -3.40. The molecule has 6 nitrogen and oxygen atoms in total. The average Bonchev–Trinajstić information content (AvgIpc) is 2.79. The van der Waals surface area contributed by atoms with Crippen molar-refractivity contribution in [3.8, 4) is 5.75 Å². The summed E-state index contributed by atoms with van der Waals surface area (Å²) in [5, 5.41) is 3.16. The Morgan fingerprint density at radius 2 is 1.68 bits per heavy atom. The van der Waals surface area contributed by atoms with Gasteiger partial charge < -0.3 is 10.1 Å². The molecule has 1 heterocycles. The van der Waals surface area contributed by atoms with Gasteiger partial charge in [-0.3, -0.25) is 4.79 Å². The Bertz CT molecular complexity index is 1100. The van der Waals surface area contributed by atoms with E-state index in [4.69, 9.17) is 4.74 Å². The highest BCUT2D eigenvalue weighted by Gasteiger charge is 2.32. The standard InChI is InChI=1S/C27H38N2O4S/c1-18(2)24-16-25(20(4)15-26(24)33-6)21(5)28-27(30)23-11-13-29(14-12-23)34(31,32)17-22-9-7-19(3)8-10-22/h7-10,15-16,18,21,23H,11-14,17H2,1-6H3,(H,28,30)/t21-/m0/s1. The lowest BCUT2D eigenvalue weighted by Gasteiger charge is -2.31. The molecule has 0 unspecified atom stereocenters. The fraction of sp³-hybridized carbons (Fsp3) is 0.519. The van der Waals surface area contributed by atoms with Crippen LogP contribution in [0.2, 0.25) is 0 Å². The Morgan fingerprint density at radius 1 is 1.06 bits per heavy atom. The van der Waals surface area contributed by atoms with Crippen molar-refractivity contribution in [3.63, 3.8) is 0 Å². The van der Waals surface area contributed by atoms with Gasteiger partial charge in [-0.15, -0.1) is 0 Å². The average molecular weight is 487 g/mol. The van der Waals surface area contributed by atoms with Gasteiger partial charge in [-0.25, -0.2) is 12.7 Å². The van der Waals surface area contributed by atoms with Crippen LogP contribution in [-0.2, 0) is 20.6 Å². The minimum Gasteiger partial charge on any atom is -0.496 e. The zero-order valence-corrected chi connectivity index (χ0v) is 22.0. The molecule has 34 heavy (non-hydrogen) atoms. The molecule has 0 saturated carbocycles. The molecule has 1 N–H and O–H groups in total. The van der Waals surface area contributed by atoms with Gasteiger partial charge in [0.25, 0.3) is 0 Å². The second kappa shape index (κ2) is 10.9. The number of benzene rings is 2. The monoisotopic (exact) mass is 486 g/mol. The normalized spacial score (nSPS) is 16.4. The largest absolute Gasteiger partial charge is 0.496 e. The lowest BCUT2D eigenvalue weighted by atomic mass is 9.92. The van der Waals surface area contributed by atoms with Gasteiger partial charge >= 0.3 is 0 Å². The summed E-state index contributed by atoms with van der Waals surface area (Å²) in [5.74, 6) is 0.981. The molecule has 1 aliphatic rings. The maximum Gasteiger partial charge on any atom is 0.223 e. The zero-order valence-electron chi connectivity index (χ0n) is 21.2. The van der Waals surface area contributed by atoms with Crippen LogP contribution in [0, 0.1) is 19.8 Å². The van der Waals surface area contributed by atoms with E-state index in [1.165, 1.54) is 4.31 Å². The van der Waals surface area contributed by atoms with Gasteiger partial charge in [0, 0.05) is 19.0 Å². The quantitative estimate of drug-likeness (QED) is 0.578. The Balaban J connectivity index is 1.60. The number of methoxy groups -OCH3 is 1. The molecule has 1 fully saturated rings. The van der Waals surface area contributed by atoms with Crippen LogP contribution in [0.3, 0.4) is 0 Å². The van der Waals surface area contributed by atoms with Crippen LogP contribution in [0.4, 0.5) is 0 Å². The van der Waals surface area contributed by atoms with Crippen LogP contribution in [-0.4, -0.2) is 38.8 Å². The third-order valence-corrected chi connectivity index (χ3v) is 8.60. The Morgan fingerprint density at radius 3 is 2.24 bits per heavy atom. The fourth-order valence-electron chi connectivity index (χ4n) is 4.60. The first kappa shape index (κ1) is 26.2. The van der Waals surface area contributed by atoms with E-state index in [1.54, 1.807) is 7.11 Å². The minimum absolute atomic E-state index is 0.00386. The Labute approximate surface area is 204 Å². The lowest BCUT2D eigenvalue weighted by molar-refractivity contribution is -0.126. The molecule has 1 saturated heterocycles. The van der Waals surface area contributed by atoms with E-state index >= 15 is 0 Å². The number of nitrogens with one attached hydrogen (secondary N) is 1. The molecule has 7 heteroatoms. The second-order valence-corrected chi connectivity index (χ2v) is 11.7. The van der Waals surface area contributed by atoms with Crippen molar-refractivity contribution in [2.24, 2.45) is 5.92 Å². The van der Waals surface area contributed by atoms with Crippen LogP contribution in [0.25, 0.3) is 0 Å². The molecule has 1 amide bonds. The van der Waals surface area contributed by atoms with E-state index in [1.807, 2.05) is 51.1 Å². The highest BCUT2D eigenvalue weighted by molar-refractivity contribution is 7.88. The van der Waals surface area contributed by atoms with Crippen molar-refractivity contribution >= 4 is 15.9 Å². The van der Waals surface area contributed by atoms with Crippen LogP contribution in [0.1, 0.15) is 73.4 Å². The zero-order chi connectivity index (χ0) is 25.0. The second-order valence-electron chi connectivity index (χ2n) is 9.75. The Hall–Kier alpha value is -2.38. The van der Waals surface area contributed by atoms with Crippen molar-refractivity contribution in [1.29, 1.82) is 0 Å². The van der Waals surface area contributed by atoms with Crippen LogP contribution in [0.15, 0.2) is 36.4 Å². The highest BCUT2D eigenvalue weighted by Crippen LogP contribution is 2.32. The predicted octanol–water partition coefficient (Wildman–Crippen LogP) is 4.85. The first-order chi connectivity index (χ1) is 16.0. The summed E-state index contributed by atoms with van der Waals surface area (Å²) in [7, 11) is -1.72. The summed E-state index contributed by atoms with van der Waals surface area (Å²) in [4.78, 5) is 13.0. The predicted molar refractivity (Wildman–Crippen MR) is 136 cm³/mol. The van der Waals surface area contributed by atoms with Crippen LogP contribution >= 0.6 is 0 Å². The molecule has 0 bridgehead atoms. The molecule has 1 aliphatic heterocycles. The van der Waals surface area contributed by atoms with Crippen molar-refractivity contribution in [1.82, 2.24) is 9.62 Å². The van der Waals surface area contributed by atoms with Gasteiger partial charge in [0.2, 0.25) is 15.9 Å². The molecule has 0 aromatic heterocycles. The highest BCUT2D eigenvalue weighted by atomic mass is 32.2. The van der Waals surface area contributed by atoms with E-state index in [2.05, 4.69) is 25.2 Å². The van der Waals surface area contributed by atoms with Gasteiger partial charge in [-0.05, 0) is 73.9 Å². The smallest absolute Gasteiger partial charge is 0.223 e. The van der Waals surface area contributed by atoms with E-state index in [-0.39, 0.29) is 23.6 Å². The SMILES string of the molecule is COc1cc(C)c([C@H](C)NC(=O)C2CCN(S(=O)(=O)Cc3ccc(C)cc3)CC2)cc1C(C)C. The molecule has 2 aromatic carbocycles. The maximum atomic E-state index is 13.0. The number of hydrogen-bond acceptors (Lipinski definition) is 4. The molecule has 0 aliphatic carbocycles. The van der Waals surface area contributed by atoms with Gasteiger partial charge in [0.05, 0.1) is 18.9 Å². The molecule has 0 radical (unpaired) electrons. The van der Waals surface area contributed by atoms with E-state index < -0.39 is 10.0 Å². The summed E-state index contributed by atoms with van der Waals surface area (Å²) in [6.07, 6.45) is 1.06. The maximum absolute atomic E-state index is 13.0. The Kier molecular flexibility index (Phi) is 8.42. The van der Waals surface area contributed by atoms with Gasteiger partial charge in [-0.2, -0.15) is 0 Å². The molecule has 2 aromatic rings. The van der Waals surface area contributed by atoms with Crippen molar-refractivity contribution in [3.05, 3.63) is 64.2 Å². The summed E-state index contributed by atoms with van der Waals surface area (Å²) in [6.45, 7) is 11.0. The molecule has 3 rings (SSSR count). The topological polar surface area (TPSA) is 75.7 Å².